The molecule has 2 aromatic rings. The quantitative estimate of drug-likeness (QED) is 0.719. The molecule has 7 heteroatoms. The standard InChI is InChI=1S/C17H24N4O2S/c1-4-10-21-16(23)19-20-17(21)24-11-15(22)18-12(3)14-8-6-13(5-2)7-9-14/h6-9,12H,4-5,10-11H2,1-3H3,(H,18,22)(H,19,23)/t12-/m1/s1. The van der Waals surface area contributed by atoms with Crippen LogP contribution < -0.4 is 11.0 Å². The molecular formula is C17H24N4O2S. The number of benzene rings is 1. The molecule has 0 spiro atoms. The van der Waals surface area contributed by atoms with Crippen LogP contribution in [0, 0.1) is 0 Å². The van der Waals surface area contributed by atoms with Gasteiger partial charge in [0.05, 0.1) is 11.8 Å². The molecule has 0 aliphatic rings. The van der Waals surface area contributed by atoms with Gasteiger partial charge < -0.3 is 5.32 Å². The number of aryl methyl sites for hydroxylation is 1. The van der Waals surface area contributed by atoms with Gasteiger partial charge in [-0.25, -0.2) is 9.89 Å². The lowest BCUT2D eigenvalue weighted by Crippen LogP contribution is -2.28. The fraction of sp³-hybridized carbons (Fsp3) is 0.471. The summed E-state index contributed by atoms with van der Waals surface area (Å²) in [5.41, 5.74) is 2.12. The first-order valence-corrected chi connectivity index (χ1v) is 9.19. The Morgan fingerprint density at radius 3 is 2.67 bits per heavy atom. The number of nitrogens with one attached hydrogen (secondary N) is 2. The largest absolute Gasteiger partial charge is 0.349 e. The van der Waals surface area contributed by atoms with Crippen LogP contribution in [-0.4, -0.2) is 26.4 Å². The first-order chi connectivity index (χ1) is 11.5. The third-order valence-corrected chi connectivity index (χ3v) is 4.74. The van der Waals surface area contributed by atoms with E-state index in [4.69, 9.17) is 0 Å². The molecule has 0 unspecified atom stereocenters. The van der Waals surface area contributed by atoms with E-state index in [9.17, 15) is 9.59 Å². The zero-order chi connectivity index (χ0) is 17.5. The minimum Gasteiger partial charge on any atom is -0.349 e. The zero-order valence-corrected chi connectivity index (χ0v) is 15.2. The molecule has 6 nitrogen and oxygen atoms in total. The van der Waals surface area contributed by atoms with Gasteiger partial charge in [-0.1, -0.05) is 49.9 Å². The van der Waals surface area contributed by atoms with Crippen LogP contribution >= 0.6 is 11.8 Å². The number of H-pyrrole nitrogens is 1. The Morgan fingerprint density at radius 1 is 1.33 bits per heavy atom. The van der Waals surface area contributed by atoms with Gasteiger partial charge in [0.15, 0.2) is 5.16 Å². The number of hydrogen-bond donors (Lipinski definition) is 2. The van der Waals surface area contributed by atoms with Crippen molar-refractivity contribution in [3.05, 3.63) is 45.9 Å². The smallest absolute Gasteiger partial charge is 0.343 e. The summed E-state index contributed by atoms with van der Waals surface area (Å²) < 4.78 is 1.56. The van der Waals surface area contributed by atoms with Gasteiger partial charge in [-0.05, 0) is 30.9 Å². The van der Waals surface area contributed by atoms with Gasteiger partial charge in [-0.2, -0.15) is 0 Å². The molecule has 1 atom stereocenters. The van der Waals surface area contributed by atoms with Crippen molar-refractivity contribution in [2.24, 2.45) is 0 Å². The first kappa shape index (κ1) is 18.3. The van der Waals surface area contributed by atoms with Crippen molar-refractivity contribution >= 4 is 17.7 Å². The van der Waals surface area contributed by atoms with Gasteiger partial charge in [-0.3, -0.25) is 9.36 Å². The van der Waals surface area contributed by atoms with Crippen LogP contribution in [0.25, 0.3) is 0 Å². The highest BCUT2D eigenvalue weighted by molar-refractivity contribution is 7.99. The van der Waals surface area contributed by atoms with Crippen molar-refractivity contribution < 1.29 is 4.79 Å². The first-order valence-electron chi connectivity index (χ1n) is 8.21. The minimum absolute atomic E-state index is 0.0546. The summed E-state index contributed by atoms with van der Waals surface area (Å²) in [5, 5.41) is 9.93. The molecular weight excluding hydrogens is 324 g/mol. The number of amides is 1. The topological polar surface area (TPSA) is 79.8 Å². The normalized spacial score (nSPS) is 12.1. The molecule has 130 valence electrons. The van der Waals surface area contributed by atoms with Crippen LogP contribution in [0.4, 0.5) is 0 Å². The van der Waals surface area contributed by atoms with Gasteiger partial charge in [0.25, 0.3) is 0 Å². The second-order valence-electron chi connectivity index (χ2n) is 5.64. The number of aromatic nitrogens is 3. The molecule has 0 bridgehead atoms. The summed E-state index contributed by atoms with van der Waals surface area (Å²) >= 11 is 1.27. The molecule has 1 aromatic carbocycles. The number of thioether (sulfide) groups is 1. The molecule has 0 saturated heterocycles. The van der Waals surface area contributed by atoms with E-state index in [1.165, 1.54) is 17.3 Å². The summed E-state index contributed by atoms with van der Waals surface area (Å²) in [4.78, 5) is 23.8. The molecule has 1 heterocycles. The van der Waals surface area contributed by atoms with E-state index in [-0.39, 0.29) is 23.4 Å². The summed E-state index contributed by atoms with van der Waals surface area (Å²) in [6, 6.07) is 8.20. The van der Waals surface area contributed by atoms with Gasteiger partial charge >= 0.3 is 5.69 Å². The summed E-state index contributed by atoms with van der Waals surface area (Å²) in [6.07, 6.45) is 1.84. The highest BCUT2D eigenvalue weighted by Crippen LogP contribution is 2.16. The summed E-state index contributed by atoms with van der Waals surface area (Å²) in [7, 11) is 0. The third kappa shape index (κ3) is 4.74. The van der Waals surface area contributed by atoms with E-state index in [2.05, 4.69) is 34.6 Å². The number of carbonyl (C=O) groups excluding carboxylic acids is 1. The summed E-state index contributed by atoms with van der Waals surface area (Å²) in [6.45, 7) is 6.67. The van der Waals surface area contributed by atoms with Crippen LogP contribution in [0.1, 0.15) is 44.4 Å². The molecule has 0 fully saturated rings. The number of aromatic amines is 1. The van der Waals surface area contributed by atoms with E-state index in [1.807, 2.05) is 26.0 Å². The highest BCUT2D eigenvalue weighted by Gasteiger charge is 2.13. The average Bonchev–Trinajstić information content (AvgIpc) is 2.93. The van der Waals surface area contributed by atoms with E-state index >= 15 is 0 Å². The van der Waals surface area contributed by atoms with Crippen LogP contribution in [0.3, 0.4) is 0 Å². The molecule has 2 rings (SSSR count). The average molecular weight is 348 g/mol. The maximum absolute atomic E-state index is 12.1. The third-order valence-electron chi connectivity index (χ3n) is 3.77. The van der Waals surface area contributed by atoms with Crippen LogP contribution in [0.2, 0.25) is 0 Å². The van der Waals surface area contributed by atoms with Crippen LogP contribution in [-0.2, 0) is 17.8 Å². The Kier molecular flexibility index (Phi) is 6.66. The number of carbonyl (C=O) groups is 1. The Labute approximate surface area is 146 Å². The SMILES string of the molecule is CCCn1c(SCC(=O)N[C@H](C)c2ccc(CC)cc2)n[nH]c1=O. The van der Waals surface area contributed by atoms with Crippen molar-refractivity contribution in [3.8, 4) is 0 Å². The molecule has 1 amide bonds. The van der Waals surface area contributed by atoms with E-state index < -0.39 is 0 Å². The predicted octanol–water partition coefficient (Wildman–Crippen LogP) is 2.51. The lowest BCUT2D eigenvalue weighted by molar-refractivity contribution is -0.119. The monoisotopic (exact) mass is 348 g/mol. The van der Waals surface area contributed by atoms with Crippen molar-refractivity contribution in [1.29, 1.82) is 0 Å². The molecule has 2 N–H and O–H groups in total. The molecule has 0 saturated carbocycles. The van der Waals surface area contributed by atoms with Gasteiger partial charge in [0.2, 0.25) is 5.91 Å². The number of nitrogens with zero attached hydrogens (tertiary/aromatic N) is 2. The second-order valence-corrected chi connectivity index (χ2v) is 6.58. The minimum atomic E-state index is -0.232. The van der Waals surface area contributed by atoms with Crippen LogP contribution in [0.15, 0.2) is 34.2 Å². The van der Waals surface area contributed by atoms with Crippen molar-refractivity contribution in [2.75, 3.05) is 5.75 Å². The number of rotatable bonds is 8. The molecule has 0 radical (unpaired) electrons. The van der Waals surface area contributed by atoms with E-state index in [1.54, 1.807) is 4.57 Å². The van der Waals surface area contributed by atoms with Gasteiger partial charge in [0.1, 0.15) is 0 Å². The number of hydrogen-bond acceptors (Lipinski definition) is 4. The fourth-order valence-electron chi connectivity index (χ4n) is 2.37. The maximum atomic E-state index is 12.1. The lowest BCUT2D eigenvalue weighted by Gasteiger charge is -2.14. The Bertz CT molecular complexity index is 721. The fourth-order valence-corrected chi connectivity index (χ4v) is 3.16. The van der Waals surface area contributed by atoms with Gasteiger partial charge in [0, 0.05) is 6.54 Å². The zero-order valence-electron chi connectivity index (χ0n) is 14.3. The Morgan fingerprint density at radius 2 is 2.04 bits per heavy atom. The Balaban J connectivity index is 1.89. The molecule has 24 heavy (non-hydrogen) atoms. The van der Waals surface area contributed by atoms with E-state index in [0.29, 0.717) is 11.7 Å². The highest BCUT2D eigenvalue weighted by atomic mass is 32.2. The molecule has 0 aliphatic heterocycles. The molecule has 0 aliphatic carbocycles. The van der Waals surface area contributed by atoms with Crippen molar-refractivity contribution in [2.45, 2.75) is 51.4 Å². The maximum Gasteiger partial charge on any atom is 0.343 e. The second kappa shape index (κ2) is 8.73. The van der Waals surface area contributed by atoms with Gasteiger partial charge in [-0.15, -0.1) is 5.10 Å². The van der Waals surface area contributed by atoms with Crippen molar-refractivity contribution in [3.63, 3.8) is 0 Å². The van der Waals surface area contributed by atoms with Crippen molar-refractivity contribution in [1.82, 2.24) is 20.1 Å². The Hall–Kier alpha value is -2.02. The van der Waals surface area contributed by atoms with Crippen LogP contribution in [0.5, 0.6) is 0 Å². The predicted molar refractivity (Wildman–Crippen MR) is 96.2 cm³/mol. The lowest BCUT2D eigenvalue weighted by atomic mass is 10.1. The molecule has 1 aromatic heterocycles. The summed E-state index contributed by atoms with van der Waals surface area (Å²) in [5.74, 6) is 0.149. The van der Waals surface area contributed by atoms with E-state index in [0.717, 1.165) is 18.4 Å².